The Morgan fingerprint density at radius 1 is 1.29 bits per heavy atom. The third-order valence-electron chi connectivity index (χ3n) is 1.79. The lowest BCUT2D eigenvalue weighted by Crippen LogP contribution is -2.50. The molecule has 0 saturated carbocycles. The lowest BCUT2D eigenvalue weighted by molar-refractivity contribution is -0.188. The second kappa shape index (κ2) is 5.29. The first kappa shape index (κ1) is 12.2. The monoisotopic (exact) mass is 224 g/mol. The molecule has 0 aromatic carbocycles. The van der Waals surface area contributed by atoms with Crippen LogP contribution in [0.3, 0.4) is 0 Å². The molecule has 0 aromatic rings. The summed E-state index contributed by atoms with van der Waals surface area (Å²) in [6.07, 6.45) is -2.91. The van der Waals surface area contributed by atoms with Crippen molar-refractivity contribution in [3.05, 3.63) is 0 Å². The molecule has 6 heteroatoms. The minimum absolute atomic E-state index is 0.0305. The molecule has 2 N–H and O–H groups in total. The maximum absolute atomic E-state index is 9.63. The maximum atomic E-state index is 9.63. The van der Waals surface area contributed by atoms with Gasteiger partial charge in [0.1, 0.15) is 12.2 Å². The highest BCUT2D eigenvalue weighted by Gasteiger charge is 2.40. The van der Waals surface area contributed by atoms with Crippen LogP contribution in [0.4, 0.5) is 0 Å². The van der Waals surface area contributed by atoms with Gasteiger partial charge in [0, 0.05) is 19.2 Å². The molecule has 0 unspecified atom stereocenters. The number of aliphatic hydroxyl groups is 2. The molecule has 14 heavy (non-hydrogen) atoms. The largest absolute Gasteiger partial charge is 0.386 e. The highest BCUT2D eigenvalue weighted by Crippen LogP contribution is 2.30. The first-order chi connectivity index (χ1) is 6.56. The minimum atomic E-state index is -1.08. The van der Waals surface area contributed by atoms with Gasteiger partial charge in [-0.2, -0.15) is 0 Å². The highest BCUT2D eigenvalue weighted by atomic mass is 32.2. The number of hydrogen-bond donors (Lipinski definition) is 2. The molecule has 1 saturated heterocycles. The summed E-state index contributed by atoms with van der Waals surface area (Å²) in [5, 5.41) is 19.2. The fraction of sp³-hybridized carbons (Fsp3) is 1.00. The van der Waals surface area contributed by atoms with E-state index in [0.29, 0.717) is 0 Å². The fourth-order valence-electron chi connectivity index (χ4n) is 1.10. The summed E-state index contributed by atoms with van der Waals surface area (Å²) in [4.78, 5) is 0. The number of ether oxygens (including phenoxy) is 2. The summed E-state index contributed by atoms with van der Waals surface area (Å²) in [6, 6.07) is 0. The second-order valence-electron chi connectivity index (χ2n) is 3.33. The van der Waals surface area contributed by atoms with Gasteiger partial charge < -0.3 is 19.7 Å². The van der Waals surface area contributed by atoms with Crippen LogP contribution in [0.5, 0.6) is 0 Å². The van der Waals surface area contributed by atoms with Gasteiger partial charge in [-0.15, -0.1) is 0 Å². The predicted molar refractivity (Wildman–Crippen MR) is 51.5 cm³/mol. The van der Waals surface area contributed by atoms with Crippen molar-refractivity contribution >= 4 is 12.0 Å². The number of rotatable bonds is 3. The predicted octanol–water partition coefficient (Wildman–Crippen LogP) is 0.110. The zero-order chi connectivity index (χ0) is 10.7. The second-order valence-corrected chi connectivity index (χ2v) is 4.18. The van der Waals surface area contributed by atoms with E-state index in [4.69, 9.17) is 13.7 Å². The Kier molecular flexibility index (Phi) is 4.62. The Balaban J connectivity index is 2.50. The molecule has 1 aliphatic rings. The van der Waals surface area contributed by atoms with Crippen LogP contribution in [0.15, 0.2) is 0 Å². The SMILES string of the molecule is CO[C@@H]1OS[C@@H](OC(C)C)[C@H](O)[C@@H]1O. The van der Waals surface area contributed by atoms with E-state index in [0.717, 1.165) is 12.0 Å². The van der Waals surface area contributed by atoms with E-state index in [1.54, 1.807) is 0 Å². The van der Waals surface area contributed by atoms with Crippen molar-refractivity contribution in [2.45, 2.75) is 43.9 Å². The van der Waals surface area contributed by atoms with Gasteiger partial charge in [-0.25, -0.2) is 0 Å². The van der Waals surface area contributed by atoms with Crippen LogP contribution >= 0.6 is 12.0 Å². The zero-order valence-electron chi connectivity index (χ0n) is 8.41. The van der Waals surface area contributed by atoms with Gasteiger partial charge in [0.2, 0.25) is 0 Å². The van der Waals surface area contributed by atoms with Gasteiger partial charge in [-0.3, -0.25) is 4.18 Å². The molecule has 5 nitrogen and oxygen atoms in total. The number of aliphatic hydroxyl groups excluding tert-OH is 2. The molecular formula is C8H16O5S. The Morgan fingerprint density at radius 3 is 2.43 bits per heavy atom. The third-order valence-corrected chi connectivity index (χ3v) is 2.67. The van der Waals surface area contributed by atoms with Gasteiger partial charge in [0.25, 0.3) is 0 Å². The molecule has 1 fully saturated rings. The molecule has 0 aliphatic carbocycles. The minimum Gasteiger partial charge on any atom is -0.386 e. The molecular weight excluding hydrogens is 208 g/mol. The van der Waals surface area contributed by atoms with Crippen LogP contribution in [0.1, 0.15) is 13.8 Å². The first-order valence-corrected chi connectivity index (χ1v) is 5.23. The standard InChI is InChI=1S/C8H16O5S/c1-4(2)12-8-6(10)5(9)7(11-3)13-14-8/h4-10H,1-3H3/t5-,6+,7+,8+/m0/s1. The summed E-state index contributed by atoms with van der Waals surface area (Å²) in [5.74, 6) is 0. The van der Waals surface area contributed by atoms with Gasteiger partial charge in [0.15, 0.2) is 11.7 Å². The van der Waals surface area contributed by atoms with Gasteiger partial charge in [-0.05, 0) is 13.8 Å². The molecule has 1 rings (SSSR count). The van der Waals surface area contributed by atoms with Gasteiger partial charge in [0.05, 0.1) is 6.10 Å². The Bertz CT molecular complexity index is 177. The first-order valence-electron chi connectivity index (χ1n) is 4.42. The molecule has 0 radical (unpaired) electrons. The fourth-order valence-corrected chi connectivity index (χ4v) is 2.05. The quantitative estimate of drug-likeness (QED) is 0.663. The lowest BCUT2D eigenvalue weighted by Gasteiger charge is -2.35. The summed E-state index contributed by atoms with van der Waals surface area (Å²) in [5.41, 5.74) is -0.573. The number of hydrogen-bond acceptors (Lipinski definition) is 6. The zero-order valence-corrected chi connectivity index (χ0v) is 9.23. The van der Waals surface area contributed by atoms with Crippen molar-refractivity contribution in [1.82, 2.24) is 0 Å². The molecule has 1 aliphatic heterocycles. The van der Waals surface area contributed by atoms with E-state index in [9.17, 15) is 10.2 Å². The van der Waals surface area contributed by atoms with Crippen LogP contribution in [0.2, 0.25) is 0 Å². The Morgan fingerprint density at radius 2 is 1.93 bits per heavy atom. The average molecular weight is 224 g/mol. The third kappa shape index (κ3) is 2.82. The average Bonchev–Trinajstić information content (AvgIpc) is 2.13. The lowest BCUT2D eigenvalue weighted by atomic mass is 10.2. The smallest absolute Gasteiger partial charge is 0.199 e. The van der Waals surface area contributed by atoms with E-state index >= 15 is 0 Å². The van der Waals surface area contributed by atoms with Crippen LogP contribution in [0, 0.1) is 0 Å². The topological polar surface area (TPSA) is 68.2 Å². The van der Waals surface area contributed by atoms with Gasteiger partial charge >= 0.3 is 0 Å². The molecule has 0 spiro atoms. The van der Waals surface area contributed by atoms with Crippen LogP contribution in [-0.4, -0.2) is 47.4 Å². The van der Waals surface area contributed by atoms with Crippen LogP contribution < -0.4 is 0 Å². The molecule has 84 valence electrons. The summed E-state index contributed by atoms with van der Waals surface area (Å²) in [6.45, 7) is 3.70. The van der Waals surface area contributed by atoms with Crippen molar-refractivity contribution in [1.29, 1.82) is 0 Å². The summed E-state index contributed by atoms with van der Waals surface area (Å²) >= 11 is 0.979. The van der Waals surface area contributed by atoms with E-state index in [1.165, 1.54) is 7.11 Å². The molecule has 0 bridgehead atoms. The van der Waals surface area contributed by atoms with Crippen LogP contribution in [-0.2, 0) is 13.7 Å². The Hall–Kier alpha value is 0.150. The molecule has 0 aromatic heterocycles. The van der Waals surface area contributed by atoms with Crippen molar-refractivity contribution in [3.8, 4) is 0 Å². The van der Waals surface area contributed by atoms with E-state index in [1.807, 2.05) is 13.8 Å². The summed E-state index contributed by atoms with van der Waals surface area (Å²) < 4.78 is 15.2. The van der Waals surface area contributed by atoms with E-state index < -0.39 is 23.9 Å². The molecule has 0 amide bonds. The summed E-state index contributed by atoms with van der Waals surface area (Å²) in [7, 11) is 1.41. The van der Waals surface area contributed by atoms with Crippen molar-refractivity contribution in [3.63, 3.8) is 0 Å². The molecule has 4 atom stereocenters. The van der Waals surface area contributed by atoms with E-state index in [-0.39, 0.29) is 6.10 Å². The maximum Gasteiger partial charge on any atom is 0.199 e. The van der Waals surface area contributed by atoms with E-state index in [2.05, 4.69) is 0 Å². The number of methoxy groups -OCH3 is 1. The Labute approximate surface area is 87.5 Å². The molecule has 1 heterocycles. The normalized spacial score (nSPS) is 39.0. The van der Waals surface area contributed by atoms with Crippen molar-refractivity contribution < 1.29 is 23.9 Å². The van der Waals surface area contributed by atoms with Gasteiger partial charge in [-0.1, -0.05) is 0 Å². The van der Waals surface area contributed by atoms with Crippen LogP contribution in [0.25, 0.3) is 0 Å². The van der Waals surface area contributed by atoms with Crippen molar-refractivity contribution in [2.24, 2.45) is 0 Å². The van der Waals surface area contributed by atoms with Crippen molar-refractivity contribution in [2.75, 3.05) is 7.11 Å². The highest BCUT2D eigenvalue weighted by molar-refractivity contribution is 7.95.